The van der Waals surface area contributed by atoms with Crippen LogP contribution >= 0.6 is 0 Å². The highest BCUT2D eigenvalue weighted by atomic mass is 16.6. The Morgan fingerprint density at radius 2 is 2.29 bits per heavy atom. The van der Waals surface area contributed by atoms with Crippen LogP contribution in [0.4, 0.5) is 5.69 Å². The number of nitro benzene ring substituents is 1. The molecule has 0 heterocycles. The van der Waals surface area contributed by atoms with Gasteiger partial charge < -0.3 is 5.73 Å². The normalized spacial score (nSPS) is 10.2. The van der Waals surface area contributed by atoms with Gasteiger partial charge in [-0.2, -0.15) is 5.48 Å². The molecule has 0 spiro atoms. The van der Waals surface area contributed by atoms with Gasteiger partial charge in [0.1, 0.15) is 6.61 Å². The van der Waals surface area contributed by atoms with Crippen LogP contribution in [0.1, 0.15) is 11.1 Å². The van der Waals surface area contributed by atoms with Crippen molar-refractivity contribution in [2.75, 3.05) is 6.61 Å². The first kappa shape index (κ1) is 13.1. The van der Waals surface area contributed by atoms with Crippen LogP contribution in [0.5, 0.6) is 0 Å². The maximum atomic E-state index is 10.7. The standard InChI is InChI=1S/C10H13N3O4/c1-7-8(5-12-17-6-10(11)14)3-2-4-9(7)13(15)16/h2-4,12H,5-6H2,1H3,(H2,11,14). The summed E-state index contributed by atoms with van der Waals surface area (Å²) in [5, 5.41) is 10.7. The van der Waals surface area contributed by atoms with Crippen molar-refractivity contribution in [3.05, 3.63) is 39.4 Å². The van der Waals surface area contributed by atoms with Gasteiger partial charge in [-0.3, -0.25) is 19.7 Å². The Labute approximate surface area is 97.7 Å². The highest BCUT2D eigenvalue weighted by molar-refractivity contribution is 5.74. The number of primary amides is 1. The van der Waals surface area contributed by atoms with Crippen LogP contribution in [-0.4, -0.2) is 17.4 Å². The maximum Gasteiger partial charge on any atom is 0.272 e. The molecule has 0 bridgehead atoms. The Hall–Kier alpha value is -1.99. The van der Waals surface area contributed by atoms with E-state index in [1.54, 1.807) is 19.1 Å². The second-order valence-electron chi connectivity index (χ2n) is 3.39. The molecule has 17 heavy (non-hydrogen) atoms. The van der Waals surface area contributed by atoms with Gasteiger partial charge in [-0.15, -0.1) is 0 Å². The summed E-state index contributed by atoms with van der Waals surface area (Å²) in [6.45, 7) is 1.68. The minimum Gasteiger partial charge on any atom is -0.368 e. The van der Waals surface area contributed by atoms with Crippen molar-refractivity contribution in [1.82, 2.24) is 5.48 Å². The van der Waals surface area contributed by atoms with E-state index in [1.807, 2.05) is 0 Å². The van der Waals surface area contributed by atoms with Crippen LogP contribution in [0.3, 0.4) is 0 Å². The lowest BCUT2D eigenvalue weighted by Crippen LogP contribution is -2.24. The third-order valence-corrected chi connectivity index (χ3v) is 2.19. The number of carbonyl (C=O) groups is 1. The minimum atomic E-state index is -0.590. The smallest absolute Gasteiger partial charge is 0.272 e. The fraction of sp³-hybridized carbons (Fsp3) is 0.300. The zero-order valence-corrected chi connectivity index (χ0v) is 9.30. The Bertz CT molecular complexity index is 434. The molecule has 3 N–H and O–H groups in total. The predicted molar refractivity (Wildman–Crippen MR) is 59.8 cm³/mol. The number of nitrogens with one attached hydrogen (secondary N) is 1. The van der Waals surface area contributed by atoms with Crippen LogP contribution in [-0.2, 0) is 16.2 Å². The Morgan fingerprint density at radius 3 is 2.88 bits per heavy atom. The van der Waals surface area contributed by atoms with Crippen LogP contribution < -0.4 is 11.2 Å². The maximum absolute atomic E-state index is 10.7. The first-order valence-corrected chi connectivity index (χ1v) is 4.88. The Morgan fingerprint density at radius 1 is 1.59 bits per heavy atom. The summed E-state index contributed by atoms with van der Waals surface area (Å²) in [6, 6.07) is 4.77. The number of hydrogen-bond donors (Lipinski definition) is 2. The molecule has 1 aromatic carbocycles. The minimum absolute atomic E-state index is 0.0548. The van der Waals surface area contributed by atoms with E-state index in [0.29, 0.717) is 5.56 Å². The Kier molecular flexibility index (Phi) is 4.56. The SMILES string of the molecule is Cc1c(CNOCC(N)=O)cccc1[N+](=O)[O-]. The number of nitrogens with two attached hydrogens (primary N) is 1. The molecular weight excluding hydrogens is 226 g/mol. The third kappa shape index (κ3) is 3.82. The molecule has 92 valence electrons. The highest BCUT2D eigenvalue weighted by Gasteiger charge is 2.12. The predicted octanol–water partition coefficient (Wildman–Crippen LogP) is 0.410. The second kappa shape index (κ2) is 5.92. The van der Waals surface area contributed by atoms with Gasteiger partial charge in [-0.05, 0) is 12.5 Å². The van der Waals surface area contributed by atoms with E-state index in [-0.39, 0.29) is 18.8 Å². The summed E-state index contributed by atoms with van der Waals surface area (Å²) >= 11 is 0. The number of nitro groups is 1. The van der Waals surface area contributed by atoms with Crippen molar-refractivity contribution in [2.24, 2.45) is 5.73 Å². The number of carbonyl (C=O) groups excluding carboxylic acids is 1. The quantitative estimate of drug-likeness (QED) is 0.424. The zero-order chi connectivity index (χ0) is 12.8. The van der Waals surface area contributed by atoms with Crippen LogP contribution in [0, 0.1) is 17.0 Å². The van der Waals surface area contributed by atoms with E-state index >= 15 is 0 Å². The molecule has 0 unspecified atom stereocenters. The average molecular weight is 239 g/mol. The average Bonchev–Trinajstić information content (AvgIpc) is 2.25. The number of benzene rings is 1. The van der Waals surface area contributed by atoms with Crippen molar-refractivity contribution in [3.8, 4) is 0 Å². The molecule has 0 aliphatic heterocycles. The summed E-state index contributed by atoms with van der Waals surface area (Å²) in [5.41, 5.74) is 8.73. The molecule has 0 saturated heterocycles. The van der Waals surface area contributed by atoms with E-state index in [4.69, 9.17) is 10.6 Å². The molecule has 1 aromatic rings. The molecule has 7 heteroatoms. The molecular formula is C10H13N3O4. The highest BCUT2D eigenvalue weighted by Crippen LogP contribution is 2.20. The van der Waals surface area contributed by atoms with Crippen molar-refractivity contribution >= 4 is 11.6 Å². The van der Waals surface area contributed by atoms with Crippen molar-refractivity contribution in [1.29, 1.82) is 0 Å². The summed E-state index contributed by atoms with van der Waals surface area (Å²) < 4.78 is 0. The fourth-order valence-corrected chi connectivity index (χ4v) is 1.31. The van der Waals surface area contributed by atoms with Crippen LogP contribution in [0.25, 0.3) is 0 Å². The molecule has 0 aromatic heterocycles. The van der Waals surface area contributed by atoms with E-state index in [2.05, 4.69) is 5.48 Å². The first-order valence-electron chi connectivity index (χ1n) is 4.88. The molecule has 0 saturated carbocycles. The van der Waals surface area contributed by atoms with Crippen molar-refractivity contribution < 1.29 is 14.6 Å². The summed E-state index contributed by atoms with van der Waals surface area (Å²) in [6.07, 6.45) is 0. The van der Waals surface area contributed by atoms with Crippen LogP contribution in [0.15, 0.2) is 18.2 Å². The largest absolute Gasteiger partial charge is 0.368 e. The molecule has 0 aliphatic carbocycles. The van der Waals surface area contributed by atoms with E-state index < -0.39 is 10.8 Å². The summed E-state index contributed by atoms with van der Waals surface area (Å²) in [5.74, 6) is -0.590. The van der Waals surface area contributed by atoms with Gasteiger partial charge in [0, 0.05) is 18.2 Å². The molecule has 0 radical (unpaired) electrons. The zero-order valence-electron chi connectivity index (χ0n) is 9.30. The van der Waals surface area contributed by atoms with Gasteiger partial charge in [0.2, 0.25) is 5.91 Å². The summed E-state index contributed by atoms with van der Waals surface area (Å²) in [4.78, 5) is 25.4. The monoisotopic (exact) mass is 239 g/mol. The second-order valence-corrected chi connectivity index (χ2v) is 3.39. The lowest BCUT2D eigenvalue weighted by atomic mass is 10.1. The lowest BCUT2D eigenvalue weighted by Gasteiger charge is -2.07. The van der Waals surface area contributed by atoms with Gasteiger partial charge in [0.15, 0.2) is 0 Å². The van der Waals surface area contributed by atoms with Gasteiger partial charge >= 0.3 is 0 Å². The van der Waals surface area contributed by atoms with Gasteiger partial charge in [0.25, 0.3) is 5.69 Å². The topological polar surface area (TPSA) is 107 Å². The van der Waals surface area contributed by atoms with E-state index in [1.165, 1.54) is 6.07 Å². The first-order chi connectivity index (χ1) is 8.02. The molecule has 0 aliphatic rings. The van der Waals surface area contributed by atoms with Gasteiger partial charge in [-0.25, -0.2) is 0 Å². The van der Waals surface area contributed by atoms with Crippen molar-refractivity contribution in [3.63, 3.8) is 0 Å². The number of rotatable bonds is 6. The molecule has 1 amide bonds. The van der Waals surface area contributed by atoms with Gasteiger partial charge in [0.05, 0.1) is 4.92 Å². The fourth-order valence-electron chi connectivity index (χ4n) is 1.31. The third-order valence-electron chi connectivity index (χ3n) is 2.19. The van der Waals surface area contributed by atoms with Gasteiger partial charge in [-0.1, -0.05) is 12.1 Å². The van der Waals surface area contributed by atoms with Crippen LogP contribution in [0.2, 0.25) is 0 Å². The van der Waals surface area contributed by atoms with E-state index in [9.17, 15) is 14.9 Å². The van der Waals surface area contributed by atoms with Crippen molar-refractivity contribution in [2.45, 2.75) is 13.5 Å². The number of nitrogens with zero attached hydrogens (tertiary/aromatic N) is 1. The number of hydrogen-bond acceptors (Lipinski definition) is 5. The molecule has 7 nitrogen and oxygen atoms in total. The number of hydroxylamine groups is 1. The molecule has 0 fully saturated rings. The number of amides is 1. The summed E-state index contributed by atoms with van der Waals surface area (Å²) in [7, 11) is 0. The molecule has 1 rings (SSSR count). The Balaban J connectivity index is 2.62. The molecule has 0 atom stereocenters. The lowest BCUT2D eigenvalue weighted by molar-refractivity contribution is -0.385. The van der Waals surface area contributed by atoms with E-state index in [0.717, 1.165) is 5.56 Å².